The lowest BCUT2D eigenvalue weighted by Gasteiger charge is -2.04. The molecule has 0 aliphatic rings. The van der Waals surface area contributed by atoms with Gasteiger partial charge in [-0.3, -0.25) is 4.79 Å². The Balaban J connectivity index is 2.19. The van der Waals surface area contributed by atoms with Crippen molar-refractivity contribution < 1.29 is 4.79 Å². The van der Waals surface area contributed by atoms with Gasteiger partial charge in [-0.15, -0.1) is 0 Å². The molecule has 0 fully saturated rings. The second kappa shape index (κ2) is 5.55. The third-order valence-electron chi connectivity index (χ3n) is 2.72. The molecule has 3 heteroatoms. The van der Waals surface area contributed by atoms with Gasteiger partial charge in [-0.25, -0.2) is 0 Å². The number of hydrogen-bond donors (Lipinski definition) is 0. The van der Waals surface area contributed by atoms with E-state index >= 15 is 0 Å². The van der Waals surface area contributed by atoms with Gasteiger partial charge in [0.05, 0.1) is 5.02 Å². The summed E-state index contributed by atoms with van der Waals surface area (Å²) in [6.45, 7) is 2.02. The molecule has 0 unspecified atom stereocenters. The van der Waals surface area contributed by atoms with Gasteiger partial charge in [0, 0.05) is 17.0 Å². The number of rotatable bonds is 3. The van der Waals surface area contributed by atoms with Crippen LogP contribution in [0, 0.1) is 6.92 Å². The maximum atomic E-state index is 12.1. The third kappa shape index (κ3) is 3.12. The molecule has 0 amide bonds. The van der Waals surface area contributed by atoms with Crippen molar-refractivity contribution in [2.24, 2.45) is 0 Å². The topological polar surface area (TPSA) is 17.1 Å². The number of hydrogen-bond acceptors (Lipinski definition) is 1. The molecule has 92 valence electrons. The van der Waals surface area contributed by atoms with Gasteiger partial charge in [0.1, 0.15) is 0 Å². The highest BCUT2D eigenvalue weighted by Crippen LogP contribution is 2.22. The van der Waals surface area contributed by atoms with Crippen molar-refractivity contribution in [3.63, 3.8) is 0 Å². The van der Waals surface area contributed by atoms with E-state index < -0.39 is 0 Å². The average molecular weight is 279 g/mol. The normalized spacial score (nSPS) is 10.4. The van der Waals surface area contributed by atoms with Crippen LogP contribution >= 0.6 is 23.2 Å². The Labute approximate surface area is 116 Å². The van der Waals surface area contributed by atoms with E-state index in [-0.39, 0.29) is 5.78 Å². The van der Waals surface area contributed by atoms with E-state index in [0.717, 1.165) is 5.56 Å². The van der Waals surface area contributed by atoms with Gasteiger partial charge in [0.25, 0.3) is 0 Å². The summed E-state index contributed by atoms with van der Waals surface area (Å²) in [7, 11) is 0. The molecule has 1 nitrogen and oxygen atoms in total. The van der Waals surface area contributed by atoms with E-state index in [1.165, 1.54) is 5.56 Å². The van der Waals surface area contributed by atoms with Crippen LogP contribution in [0.25, 0.3) is 0 Å². The van der Waals surface area contributed by atoms with Crippen molar-refractivity contribution >= 4 is 29.0 Å². The maximum Gasteiger partial charge on any atom is 0.168 e. The second-order valence-electron chi connectivity index (χ2n) is 4.21. The summed E-state index contributed by atoms with van der Waals surface area (Å²) in [5, 5.41) is 0.937. The van der Waals surface area contributed by atoms with Crippen molar-refractivity contribution in [1.82, 2.24) is 0 Å². The maximum absolute atomic E-state index is 12.1. The molecule has 0 radical (unpaired) electrons. The molecule has 0 bridgehead atoms. The molecule has 0 N–H and O–H groups in total. The lowest BCUT2D eigenvalue weighted by molar-refractivity contribution is 0.0993. The Morgan fingerprint density at radius 1 is 1.06 bits per heavy atom. The Morgan fingerprint density at radius 2 is 1.72 bits per heavy atom. The largest absolute Gasteiger partial charge is 0.294 e. The van der Waals surface area contributed by atoms with Crippen LogP contribution in [0.1, 0.15) is 21.5 Å². The lowest BCUT2D eigenvalue weighted by Crippen LogP contribution is -2.04. The number of benzene rings is 2. The molecule has 0 saturated heterocycles. The average Bonchev–Trinajstić information content (AvgIpc) is 2.32. The van der Waals surface area contributed by atoms with Crippen LogP contribution in [0.5, 0.6) is 0 Å². The molecule has 18 heavy (non-hydrogen) atoms. The van der Waals surface area contributed by atoms with Crippen molar-refractivity contribution in [2.45, 2.75) is 13.3 Å². The standard InChI is InChI=1S/C15H12Cl2O/c1-10-2-4-11(5-3-10)8-15(18)13-7-6-12(16)9-14(13)17/h2-7,9H,8H2,1H3. The van der Waals surface area contributed by atoms with Gasteiger partial charge < -0.3 is 0 Å². The Hall–Kier alpha value is -1.31. The van der Waals surface area contributed by atoms with Crippen molar-refractivity contribution in [3.05, 3.63) is 69.2 Å². The van der Waals surface area contributed by atoms with Crippen molar-refractivity contribution in [3.8, 4) is 0 Å². The van der Waals surface area contributed by atoms with Crippen LogP contribution in [0.2, 0.25) is 10.0 Å². The highest BCUT2D eigenvalue weighted by Gasteiger charge is 2.11. The first-order chi connectivity index (χ1) is 8.56. The predicted octanol–water partition coefficient (Wildman–Crippen LogP) is 4.73. The van der Waals surface area contributed by atoms with Crippen LogP contribution in [0.4, 0.5) is 0 Å². The van der Waals surface area contributed by atoms with Gasteiger partial charge in [-0.1, -0.05) is 53.0 Å². The first kappa shape index (κ1) is 13.1. The molecule has 2 rings (SSSR count). The van der Waals surface area contributed by atoms with Crippen molar-refractivity contribution in [1.29, 1.82) is 0 Å². The molecule has 2 aromatic carbocycles. The smallest absolute Gasteiger partial charge is 0.168 e. The zero-order valence-corrected chi connectivity index (χ0v) is 11.4. The van der Waals surface area contributed by atoms with Gasteiger partial charge >= 0.3 is 0 Å². The van der Waals surface area contributed by atoms with E-state index in [2.05, 4.69) is 0 Å². The fourth-order valence-corrected chi connectivity index (χ4v) is 2.22. The van der Waals surface area contributed by atoms with Gasteiger partial charge in [0.2, 0.25) is 0 Å². The first-order valence-electron chi connectivity index (χ1n) is 5.60. The van der Waals surface area contributed by atoms with Crippen LogP contribution < -0.4 is 0 Å². The summed E-state index contributed by atoms with van der Waals surface area (Å²) < 4.78 is 0. The minimum Gasteiger partial charge on any atom is -0.294 e. The quantitative estimate of drug-likeness (QED) is 0.742. The Bertz CT molecular complexity index is 574. The monoisotopic (exact) mass is 278 g/mol. The van der Waals surface area contributed by atoms with E-state index in [0.29, 0.717) is 22.0 Å². The van der Waals surface area contributed by atoms with E-state index in [1.807, 2.05) is 31.2 Å². The summed E-state index contributed by atoms with van der Waals surface area (Å²) in [5.41, 5.74) is 2.67. The summed E-state index contributed by atoms with van der Waals surface area (Å²) in [6, 6.07) is 12.8. The lowest BCUT2D eigenvalue weighted by atomic mass is 10.0. The third-order valence-corrected chi connectivity index (χ3v) is 3.26. The first-order valence-corrected chi connectivity index (χ1v) is 6.35. The summed E-state index contributed by atoms with van der Waals surface area (Å²) in [6.07, 6.45) is 0.349. The fourth-order valence-electron chi connectivity index (χ4n) is 1.70. The van der Waals surface area contributed by atoms with Crippen LogP contribution in [0.15, 0.2) is 42.5 Å². The fraction of sp³-hybridized carbons (Fsp3) is 0.133. The zero-order chi connectivity index (χ0) is 13.1. The molecular formula is C15H12Cl2O. The molecule has 0 aliphatic heterocycles. The molecule has 0 atom stereocenters. The summed E-state index contributed by atoms with van der Waals surface area (Å²) in [4.78, 5) is 12.1. The van der Waals surface area contributed by atoms with Crippen LogP contribution in [-0.4, -0.2) is 5.78 Å². The molecule has 0 saturated carbocycles. The van der Waals surface area contributed by atoms with E-state index in [4.69, 9.17) is 23.2 Å². The number of carbonyl (C=O) groups excluding carboxylic acids is 1. The molecule has 0 aromatic heterocycles. The summed E-state index contributed by atoms with van der Waals surface area (Å²) in [5.74, 6) is 0.000481. The second-order valence-corrected chi connectivity index (χ2v) is 5.05. The minimum absolute atomic E-state index is 0.000481. The predicted molar refractivity (Wildman–Crippen MR) is 75.7 cm³/mol. The molecular weight excluding hydrogens is 267 g/mol. The number of aryl methyl sites for hydroxylation is 1. The number of Topliss-reactive ketones (excluding diaryl/α,β-unsaturated/α-hetero) is 1. The number of ketones is 1. The molecule has 0 spiro atoms. The molecule has 0 aliphatic carbocycles. The number of halogens is 2. The van der Waals surface area contributed by atoms with Gasteiger partial charge in [-0.2, -0.15) is 0 Å². The molecule has 0 heterocycles. The van der Waals surface area contributed by atoms with Crippen molar-refractivity contribution in [2.75, 3.05) is 0 Å². The summed E-state index contributed by atoms with van der Waals surface area (Å²) >= 11 is 11.8. The van der Waals surface area contributed by atoms with Crippen LogP contribution in [0.3, 0.4) is 0 Å². The Morgan fingerprint density at radius 3 is 2.33 bits per heavy atom. The highest BCUT2D eigenvalue weighted by molar-refractivity contribution is 6.36. The number of carbonyl (C=O) groups is 1. The van der Waals surface area contributed by atoms with E-state index in [9.17, 15) is 4.79 Å². The van der Waals surface area contributed by atoms with Gasteiger partial charge in [-0.05, 0) is 30.7 Å². The zero-order valence-electron chi connectivity index (χ0n) is 9.91. The Kier molecular flexibility index (Phi) is 4.05. The SMILES string of the molecule is Cc1ccc(CC(=O)c2ccc(Cl)cc2Cl)cc1. The molecule has 2 aromatic rings. The van der Waals surface area contributed by atoms with E-state index in [1.54, 1.807) is 18.2 Å². The van der Waals surface area contributed by atoms with Crippen LogP contribution in [-0.2, 0) is 6.42 Å². The highest BCUT2D eigenvalue weighted by atomic mass is 35.5. The van der Waals surface area contributed by atoms with Gasteiger partial charge in [0.15, 0.2) is 5.78 Å². The minimum atomic E-state index is 0.000481.